The lowest BCUT2D eigenvalue weighted by molar-refractivity contribution is -0.131. The average molecular weight is 487 g/mol. The number of ether oxygens (including phenoxy) is 1. The van der Waals surface area contributed by atoms with E-state index in [-0.39, 0.29) is 30.4 Å². The lowest BCUT2D eigenvalue weighted by Gasteiger charge is -2.43. The van der Waals surface area contributed by atoms with Gasteiger partial charge in [-0.05, 0) is 54.2 Å². The predicted molar refractivity (Wildman–Crippen MR) is 134 cm³/mol. The summed E-state index contributed by atoms with van der Waals surface area (Å²) in [4.78, 5) is 14.3. The second-order valence-corrected chi connectivity index (χ2v) is 9.85. The second-order valence-electron chi connectivity index (χ2n) is 9.41. The van der Waals surface area contributed by atoms with Crippen molar-refractivity contribution in [3.8, 4) is 0 Å². The van der Waals surface area contributed by atoms with Crippen LogP contribution >= 0.6 is 11.6 Å². The highest BCUT2D eigenvalue weighted by atomic mass is 35.5. The molecule has 1 heterocycles. The van der Waals surface area contributed by atoms with Crippen molar-refractivity contribution in [3.05, 3.63) is 70.2 Å². The van der Waals surface area contributed by atoms with Crippen LogP contribution in [0.4, 0.5) is 0 Å². The molecule has 1 unspecified atom stereocenters. The first-order valence-corrected chi connectivity index (χ1v) is 11.9. The van der Waals surface area contributed by atoms with E-state index in [1.807, 2.05) is 57.2 Å². The van der Waals surface area contributed by atoms with Crippen molar-refractivity contribution in [3.63, 3.8) is 0 Å². The number of guanidine groups is 1. The second kappa shape index (κ2) is 11.3. The molecule has 0 aromatic heterocycles. The summed E-state index contributed by atoms with van der Waals surface area (Å²) in [6.45, 7) is 6.78. The van der Waals surface area contributed by atoms with Crippen LogP contribution in [0.1, 0.15) is 62.6 Å². The maximum Gasteiger partial charge on any atom is 0.231 e. The predicted octanol–water partition coefficient (Wildman–Crippen LogP) is 4.37. The van der Waals surface area contributed by atoms with E-state index in [4.69, 9.17) is 21.7 Å². The lowest BCUT2D eigenvalue weighted by Crippen LogP contribution is -2.62. The van der Waals surface area contributed by atoms with Gasteiger partial charge in [-0.1, -0.05) is 55.8 Å². The number of nitrogens with one attached hydrogen (secondary N) is 3. The number of benzene rings is 2. The lowest BCUT2D eigenvalue weighted by atomic mass is 9.83. The number of amides is 1. The molecule has 34 heavy (non-hydrogen) atoms. The minimum atomic E-state index is -0.974. The highest BCUT2D eigenvalue weighted by Gasteiger charge is 2.40. The van der Waals surface area contributed by atoms with E-state index < -0.39 is 11.8 Å². The van der Waals surface area contributed by atoms with Crippen LogP contribution < -0.4 is 10.6 Å². The molecule has 1 aliphatic heterocycles. The number of carbonyl (C=O) groups excluding carboxylic acids is 1. The number of hydrogen-bond acceptors (Lipinski definition) is 5. The Morgan fingerprint density at radius 3 is 2.56 bits per heavy atom. The Kier molecular flexibility index (Phi) is 8.71. The summed E-state index contributed by atoms with van der Waals surface area (Å²) in [7, 11) is 1.65. The summed E-state index contributed by atoms with van der Waals surface area (Å²) >= 11 is 6.38. The Balaban J connectivity index is 1.76. The van der Waals surface area contributed by atoms with Crippen molar-refractivity contribution in [1.82, 2.24) is 15.5 Å². The average Bonchev–Trinajstić information content (AvgIpc) is 2.79. The van der Waals surface area contributed by atoms with Crippen LogP contribution in [0.15, 0.2) is 48.5 Å². The molecular formula is C26H35ClN4O3. The normalized spacial score (nSPS) is 20.4. The Bertz CT molecular complexity index is 981. The van der Waals surface area contributed by atoms with Crippen LogP contribution in [0, 0.1) is 11.3 Å². The van der Waals surface area contributed by atoms with Gasteiger partial charge in [0.2, 0.25) is 5.91 Å². The van der Waals surface area contributed by atoms with Crippen LogP contribution in [0.3, 0.4) is 0 Å². The number of nitrogens with zero attached hydrogens (tertiary/aromatic N) is 1. The fourth-order valence-electron chi connectivity index (χ4n) is 4.09. The summed E-state index contributed by atoms with van der Waals surface area (Å²) < 4.78 is 5.25. The van der Waals surface area contributed by atoms with Crippen LogP contribution in [-0.2, 0) is 16.1 Å². The van der Waals surface area contributed by atoms with Crippen LogP contribution in [0.25, 0.3) is 0 Å². The van der Waals surface area contributed by atoms with Crippen molar-refractivity contribution in [2.75, 3.05) is 13.7 Å². The molecule has 3 atom stereocenters. The fourth-order valence-corrected chi connectivity index (χ4v) is 4.36. The van der Waals surface area contributed by atoms with E-state index in [0.717, 1.165) is 11.1 Å². The zero-order valence-electron chi connectivity index (χ0n) is 20.3. The minimum absolute atomic E-state index is 0.0800. The maximum atomic E-state index is 12.9. The standard InChI is InChI=1S/C26H35ClN4O3/c1-17(2)26(3)15-23(32)31(25(28)30-26)16-18-12-20(14-21(27)13-18)24(33)29-22(10-11-34-4)19-8-6-5-7-9-19/h5-9,12-14,17,22,24,29,33H,10-11,15-16H2,1-4H3,(H2,28,30)/t22-,24?,26-/m0/s1. The number of methoxy groups -OCH3 is 1. The molecule has 4 N–H and O–H groups in total. The van der Waals surface area contributed by atoms with E-state index in [0.29, 0.717) is 30.0 Å². The Labute approximate surface area is 207 Å². The molecule has 7 nitrogen and oxygen atoms in total. The van der Waals surface area contributed by atoms with Crippen molar-refractivity contribution < 1.29 is 14.6 Å². The topological polar surface area (TPSA) is 97.7 Å². The van der Waals surface area contributed by atoms with Gasteiger partial charge in [-0.15, -0.1) is 0 Å². The molecular weight excluding hydrogens is 452 g/mol. The third-order valence-electron chi connectivity index (χ3n) is 6.58. The smallest absolute Gasteiger partial charge is 0.231 e. The summed E-state index contributed by atoms with van der Waals surface area (Å²) in [5.41, 5.74) is 1.94. The van der Waals surface area contributed by atoms with Gasteiger partial charge >= 0.3 is 0 Å². The molecule has 2 aromatic carbocycles. The molecule has 8 heteroatoms. The summed E-state index contributed by atoms with van der Waals surface area (Å²) in [6, 6.07) is 15.1. The van der Waals surface area contributed by atoms with E-state index >= 15 is 0 Å². The number of halogens is 1. The van der Waals surface area contributed by atoms with E-state index in [1.54, 1.807) is 19.2 Å². The van der Waals surface area contributed by atoms with Crippen molar-refractivity contribution in [1.29, 1.82) is 5.41 Å². The van der Waals surface area contributed by atoms with Gasteiger partial charge in [-0.2, -0.15) is 0 Å². The first-order valence-electron chi connectivity index (χ1n) is 11.6. The summed E-state index contributed by atoms with van der Waals surface area (Å²) in [6.07, 6.45) is 0.0200. The molecule has 1 aliphatic rings. The molecule has 0 saturated carbocycles. The highest BCUT2D eigenvalue weighted by Crippen LogP contribution is 2.28. The van der Waals surface area contributed by atoms with Gasteiger partial charge in [-0.25, -0.2) is 0 Å². The number of aliphatic hydroxyl groups is 1. The number of hydrogen-bond donors (Lipinski definition) is 4. The van der Waals surface area contributed by atoms with E-state index in [9.17, 15) is 9.90 Å². The van der Waals surface area contributed by atoms with Crippen molar-refractivity contribution in [2.24, 2.45) is 5.92 Å². The van der Waals surface area contributed by atoms with Crippen LogP contribution in [0.5, 0.6) is 0 Å². The molecule has 2 aromatic rings. The van der Waals surface area contributed by atoms with Gasteiger partial charge in [0, 0.05) is 30.3 Å². The van der Waals surface area contributed by atoms with Gasteiger partial charge in [0.1, 0.15) is 6.23 Å². The quantitative estimate of drug-likeness (QED) is 0.374. The Morgan fingerprint density at radius 1 is 1.24 bits per heavy atom. The highest BCUT2D eigenvalue weighted by molar-refractivity contribution is 6.30. The molecule has 1 fully saturated rings. The first-order chi connectivity index (χ1) is 16.1. The number of aliphatic hydroxyl groups excluding tert-OH is 1. The van der Waals surface area contributed by atoms with Crippen molar-refractivity contribution >= 4 is 23.5 Å². The van der Waals surface area contributed by atoms with Crippen LogP contribution in [-0.4, -0.2) is 41.1 Å². The maximum absolute atomic E-state index is 12.9. The van der Waals surface area contributed by atoms with E-state index in [1.165, 1.54) is 4.90 Å². The number of carbonyl (C=O) groups is 1. The number of rotatable bonds is 10. The van der Waals surface area contributed by atoms with Gasteiger partial charge in [0.05, 0.1) is 13.0 Å². The first kappa shape index (κ1) is 26.2. The zero-order chi connectivity index (χ0) is 24.9. The third kappa shape index (κ3) is 6.36. The molecule has 0 aliphatic carbocycles. The molecule has 0 bridgehead atoms. The molecule has 0 radical (unpaired) electrons. The molecule has 3 rings (SSSR count). The monoisotopic (exact) mass is 486 g/mol. The SMILES string of the molecule is COCC[C@H](NC(O)c1cc(Cl)cc(CN2C(=N)N[C@](C)(C(C)C)CC2=O)c1)c1ccccc1. The third-order valence-corrected chi connectivity index (χ3v) is 6.79. The fraction of sp³-hybridized carbons (Fsp3) is 0.462. The van der Waals surface area contributed by atoms with Gasteiger partial charge in [-0.3, -0.25) is 20.4 Å². The van der Waals surface area contributed by atoms with E-state index in [2.05, 4.69) is 10.6 Å². The van der Waals surface area contributed by atoms with Gasteiger partial charge < -0.3 is 15.2 Å². The Hall–Kier alpha value is -2.45. The minimum Gasteiger partial charge on any atom is -0.385 e. The van der Waals surface area contributed by atoms with Gasteiger partial charge in [0.15, 0.2) is 5.96 Å². The van der Waals surface area contributed by atoms with Crippen molar-refractivity contribution in [2.45, 2.75) is 58.0 Å². The van der Waals surface area contributed by atoms with Crippen LogP contribution in [0.2, 0.25) is 5.02 Å². The zero-order valence-corrected chi connectivity index (χ0v) is 21.0. The summed E-state index contributed by atoms with van der Waals surface area (Å²) in [5, 5.41) is 26.3. The molecule has 1 amide bonds. The molecule has 1 saturated heterocycles. The van der Waals surface area contributed by atoms with Gasteiger partial charge in [0.25, 0.3) is 0 Å². The Morgan fingerprint density at radius 2 is 1.94 bits per heavy atom. The largest absolute Gasteiger partial charge is 0.385 e. The molecule has 184 valence electrons. The summed E-state index contributed by atoms with van der Waals surface area (Å²) in [5.74, 6) is 0.175. The molecule has 0 spiro atoms.